The van der Waals surface area contributed by atoms with Crippen LogP contribution in [0.1, 0.15) is 45.4 Å². The van der Waals surface area contributed by atoms with Gasteiger partial charge in [0.15, 0.2) is 0 Å². The largest absolute Gasteiger partial charge is 0.353 e. The first-order valence-corrected chi connectivity index (χ1v) is 5.58. The van der Waals surface area contributed by atoms with Crippen molar-refractivity contribution in [3.63, 3.8) is 0 Å². The van der Waals surface area contributed by atoms with Gasteiger partial charge in [-0.2, -0.15) is 0 Å². The van der Waals surface area contributed by atoms with Gasteiger partial charge in [0.1, 0.15) is 0 Å². The van der Waals surface area contributed by atoms with E-state index >= 15 is 0 Å². The molecule has 2 aliphatic rings. The molecule has 74 valence electrons. The first kappa shape index (κ1) is 9.04. The maximum Gasteiger partial charge on any atom is 0.223 e. The number of hydrogen-bond donors (Lipinski definition) is 1. The molecule has 2 rings (SSSR count). The fourth-order valence-corrected chi connectivity index (χ4v) is 2.33. The molecule has 0 saturated heterocycles. The molecule has 0 radical (unpaired) electrons. The quantitative estimate of drug-likeness (QED) is 0.694. The first-order chi connectivity index (χ1) is 6.27. The molecular weight excluding hydrogens is 162 g/mol. The Morgan fingerprint density at radius 3 is 2.31 bits per heavy atom. The minimum absolute atomic E-state index is 0.324. The van der Waals surface area contributed by atoms with Crippen molar-refractivity contribution in [2.45, 2.75) is 51.5 Å². The van der Waals surface area contributed by atoms with E-state index < -0.39 is 0 Å². The molecule has 2 fully saturated rings. The molecule has 2 aliphatic carbocycles. The Bertz CT molecular complexity index is 198. The Labute approximate surface area is 80.1 Å². The van der Waals surface area contributed by atoms with Gasteiger partial charge in [-0.25, -0.2) is 0 Å². The topological polar surface area (TPSA) is 29.1 Å². The first-order valence-electron chi connectivity index (χ1n) is 5.58. The average Bonchev–Trinajstić information content (AvgIpc) is 2.32. The summed E-state index contributed by atoms with van der Waals surface area (Å²) in [6, 6.07) is 0.480. The number of hydrogen-bond acceptors (Lipinski definition) is 1. The van der Waals surface area contributed by atoms with Crippen LogP contribution in [0.25, 0.3) is 0 Å². The molecule has 0 aliphatic heterocycles. The lowest BCUT2D eigenvalue weighted by molar-refractivity contribution is -0.128. The molecule has 0 heterocycles. The summed E-state index contributed by atoms with van der Waals surface area (Å²) in [5.74, 6) is 1.38. The van der Waals surface area contributed by atoms with Gasteiger partial charge in [0.05, 0.1) is 0 Å². The summed E-state index contributed by atoms with van der Waals surface area (Å²) in [4.78, 5) is 11.6. The number of rotatable bonds is 2. The maximum atomic E-state index is 11.6. The van der Waals surface area contributed by atoms with Crippen LogP contribution in [-0.4, -0.2) is 11.9 Å². The van der Waals surface area contributed by atoms with Crippen LogP contribution in [-0.2, 0) is 4.79 Å². The van der Waals surface area contributed by atoms with E-state index in [1.807, 2.05) is 0 Å². The monoisotopic (exact) mass is 181 g/mol. The van der Waals surface area contributed by atoms with Gasteiger partial charge in [-0.3, -0.25) is 4.79 Å². The molecule has 0 aromatic rings. The second kappa shape index (κ2) is 3.69. The van der Waals surface area contributed by atoms with Gasteiger partial charge in [-0.15, -0.1) is 0 Å². The summed E-state index contributed by atoms with van der Waals surface area (Å²) in [7, 11) is 0. The van der Waals surface area contributed by atoms with E-state index in [2.05, 4.69) is 12.2 Å². The van der Waals surface area contributed by atoms with Gasteiger partial charge in [0.25, 0.3) is 0 Å². The number of amides is 1. The third kappa shape index (κ3) is 1.87. The van der Waals surface area contributed by atoms with Crippen LogP contribution < -0.4 is 5.32 Å². The summed E-state index contributed by atoms with van der Waals surface area (Å²) in [6.45, 7) is 2.25. The minimum Gasteiger partial charge on any atom is -0.353 e. The van der Waals surface area contributed by atoms with Gasteiger partial charge < -0.3 is 5.32 Å². The SMILES string of the molecule is CC1CCCC1NC(=O)C1CCC1. The molecule has 2 saturated carbocycles. The molecule has 0 aromatic heterocycles. The molecule has 13 heavy (non-hydrogen) atoms. The van der Waals surface area contributed by atoms with Crippen LogP contribution in [0.3, 0.4) is 0 Å². The molecule has 0 bridgehead atoms. The van der Waals surface area contributed by atoms with Crippen molar-refractivity contribution in [3.05, 3.63) is 0 Å². The predicted octanol–water partition coefficient (Wildman–Crippen LogP) is 2.09. The fourth-order valence-electron chi connectivity index (χ4n) is 2.33. The lowest BCUT2D eigenvalue weighted by Crippen LogP contribution is -2.42. The van der Waals surface area contributed by atoms with Crippen LogP contribution in [0, 0.1) is 11.8 Å². The van der Waals surface area contributed by atoms with Crippen molar-refractivity contribution in [3.8, 4) is 0 Å². The molecule has 1 N–H and O–H groups in total. The van der Waals surface area contributed by atoms with Crippen molar-refractivity contribution in [2.24, 2.45) is 11.8 Å². The standard InChI is InChI=1S/C11H19NO/c1-8-4-2-7-10(8)12-11(13)9-5-3-6-9/h8-10H,2-7H2,1H3,(H,12,13). The Hall–Kier alpha value is -0.530. The fraction of sp³-hybridized carbons (Fsp3) is 0.909. The molecule has 2 atom stereocenters. The summed E-state index contributed by atoms with van der Waals surface area (Å²) >= 11 is 0. The van der Waals surface area contributed by atoms with Gasteiger partial charge in [-0.05, 0) is 31.6 Å². The highest BCUT2D eigenvalue weighted by atomic mass is 16.2. The molecule has 0 aromatic carbocycles. The smallest absolute Gasteiger partial charge is 0.223 e. The van der Waals surface area contributed by atoms with Gasteiger partial charge >= 0.3 is 0 Å². The minimum atomic E-state index is 0.324. The molecule has 2 heteroatoms. The Morgan fingerprint density at radius 2 is 1.85 bits per heavy atom. The number of carbonyl (C=O) groups excluding carboxylic acids is 1. The van der Waals surface area contributed by atoms with E-state index in [0.717, 1.165) is 12.8 Å². The summed E-state index contributed by atoms with van der Waals surface area (Å²) in [6.07, 6.45) is 7.25. The predicted molar refractivity (Wildman–Crippen MR) is 52.3 cm³/mol. The average molecular weight is 181 g/mol. The highest BCUT2D eigenvalue weighted by molar-refractivity contribution is 5.79. The van der Waals surface area contributed by atoms with Gasteiger partial charge in [0, 0.05) is 12.0 Å². The van der Waals surface area contributed by atoms with Crippen LogP contribution in [0.4, 0.5) is 0 Å². The summed E-state index contributed by atoms with van der Waals surface area (Å²) in [5, 5.41) is 3.19. The van der Waals surface area contributed by atoms with Crippen molar-refractivity contribution in [1.82, 2.24) is 5.32 Å². The van der Waals surface area contributed by atoms with Crippen LogP contribution >= 0.6 is 0 Å². The Kier molecular flexibility index (Phi) is 2.56. The van der Waals surface area contributed by atoms with E-state index in [0.29, 0.717) is 23.8 Å². The molecule has 2 unspecified atom stereocenters. The van der Waals surface area contributed by atoms with Crippen molar-refractivity contribution in [2.75, 3.05) is 0 Å². The zero-order valence-corrected chi connectivity index (χ0v) is 8.38. The third-order valence-electron chi connectivity index (χ3n) is 3.67. The van der Waals surface area contributed by atoms with Crippen molar-refractivity contribution in [1.29, 1.82) is 0 Å². The van der Waals surface area contributed by atoms with E-state index in [-0.39, 0.29) is 0 Å². The van der Waals surface area contributed by atoms with Crippen LogP contribution in [0.2, 0.25) is 0 Å². The van der Waals surface area contributed by atoms with Crippen LogP contribution in [0.5, 0.6) is 0 Å². The molecule has 1 amide bonds. The van der Waals surface area contributed by atoms with Crippen molar-refractivity contribution < 1.29 is 4.79 Å². The van der Waals surface area contributed by atoms with E-state index in [1.165, 1.54) is 25.7 Å². The summed E-state index contributed by atoms with van der Waals surface area (Å²) < 4.78 is 0. The van der Waals surface area contributed by atoms with E-state index in [4.69, 9.17) is 0 Å². The van der Waals surface area contributed by atoms with Crippen LogP contribution in [0.15, 0.2) is 0 Å². The van der Waals surface area contributed by atoms with Gasteiger partial charge in [-0.1, -0.05) is 19.8 Å². The maximum absolute atomic E-state index is 11.6. The Balaban J connectivity index is 1.79. The molecule has 0 spiro atoms. The van der Waals surface area contributed by atoms with E-state index in [1.54, 1.807) is 0 Å². The highest BCUT2D eigenvalue weighted by Gasteiger charge is 2.30. The van der Waals surface area contributed by atoms with Gasteiger partial charge in [0.2, 0.25) is 5.91 Å². The zero-order valence-electron chi connectivity index (χ0n) is 8.38. The lowest BCUT2D eigenvalue weighted by Gasteiger charge is -2.27. The second-order valence-corrected chi connectivity index (χ2v) is 4.65. The number of nitrogens with one attached hydrogen (secondary N) is 1. The summed E-state index contributed by atoms with van der Waals surface area (Å²) in [5.41, 5.74) is 0. The van der Waals surface area contributed by atoms with Crippen molar-refractivity contribution >= 4 is 5.91 Å². The Morgan fingerprint density at radius 1 is 1.15 bits per heavy atom. The second-order valence-electron chi connectivity index (χ2n) is 4.65. The molecular formula is C11H19NO. The zero-order chi connectivity index (χ0) is 9.26. The highest BCUT2D eigenvalue weighted by Crippen LogP contribution is 2.29. The third-order valence-corrected chi connectivity index (χ3v) is 3.67. The normalized spacial score (nSPS) is 34.2. The molecule has 2 nitrogen and oxygen atoms in total. The lowest BCUT2D eigenvalue weighted by atomic mass is 9.84. The number of carbonyl (C=O) groups is 1. The van der Waals surface area contributed by atoms with E-state index in [9.17, 15) is 4.79 Å².